The highest BCUT2D eigenvalue weighted by Crippen LogP contribution is 2.36. The average molecular weight is 362 g/mol. The number of hydrogen-bond donors (Lipinski definition) is 0. The molecule has 2 saturated heterocycles. The molecular weight excluding hydrogens is 344 g/mol. The molecule has 2 aliphatic rings. The molecule has 0 unspecified atom stereocenters. The van der Waals surface area contributed by atoms with E-state index in [-0.39, 0.29) is 19.5 Å². The van der Waals surface area contributed by atoms with Crippen molar-refractivity contribution in [2.24, 2.45) is 11.8 Å². The first-order valence-corrected chi connectivity index (χ1v) is 8.83. The summed E-state index contributed by atoms with van der Waals surface area (Å²) in [6.45, 7) is 0.230. The molecule has 2 heterocycles. The van der Waals surface area contributed by atoms with Crippen LogP contribution >= 0.6 is 0 Å². The Morgan fingerprint density at radius 3 is 1.70 bits per heavy atom. The Bertz CT molecular complexity index is 871. The van der Waals surface area contributed by atoms with Crippen LogP contribution in [0.5, 0.6) is 0 Å². The lowest BCUT2D eigenvalue weighted by Crippen LogP contribution is -2.49. The molecule has 2 aromatic rings. The third-order valence-corrected chi connectivity index (χ3v) is 5.11. The van der Waals surface area contributed by atoms with E-state index in [1.807, 2.05) is 60.7 Å². The fraction of sp³-hybridized carbons (Fsp3) is 0.238. The van der Waals surface area contributed by atoms with Crippen molar-refractivity contribution >= 4 is 23.6 Å². The fourth-order valence-electron chi connectivity index (χ4n) is 3.72. The Balaban J connectivity index is 1.57. The van der Waals surface area contributed by atoms with Gasteiger partial charge < -0.3 is 0 Å². The number of rotatable bonds is 4. The van der Waals surface area contributed by atoms with Crippen LogP contribution in [-0.4, -0.2) is 33.4 Å². The van der Waals surface area contributed by atoms with Crippen LogP contribution in [0.2, 0.25) is 0 Å². The highest BCUT2D eigenvalue weighted by Gasteiger charge is 2.56. The molecule has 4 rings (SSSR count). The van der Waals surface area contributed by atoms with Crippen LogP contribution in [0.25, 0.3) is 0 Å². The number of imide groups is 2. The van der Waals surface area contributed by atoms with Gasteiger partial charge in [0.25, 0.3) is 0 Å². The Morgan fingerprint density at radius 2 is 1.15 bits per heavy atom. The standard InChI is InChI=1S/C21H18N2O4/c24-17-11-16-18(20(26)22(17)12-14-7-3-1-4-8-14)21(27)23(19(16)25)13-15-9-5-2-6-10-15/h1-10,16,18H,11-13H2/t16-,18-/m0/s1. The summed E-state index contributed by atoms with van der Waals surface area (Å²) in [7, 11) is 0. The lowest BCUT2D eigenvalue weighted by atomic mass is 9.86. The van der Waals surface area contributed by atoms with Crippen LogP contribution in [0.3, 0.4) is 0 Å². The molecule has 0 radical (unpaired) electrons. The minimum absolute atomic E-state index is 0.112. The Labute approximate surface area is 156 Å². The van der Waals surface area contributed by atoms with Gasteiger partial charge in [0.1, 0.15) is 5.92 Å². The number of piperidine rings is 1. The van der Waals surface area contributed by atoms with Crippen molar-refractivity contribution in [1.82, 2.24) is 9.80 Å². The second kappa shape index (κ2) is 6.79. The summed E-state index contributed by atoms with van der Waals surface area (Å²) >= 11 is 0. The first-order chi connectivity index (χ1) is 13.1. The molecule has 4 amide bonds. The molecule has 0 saturated carbocycles. The molecule has 6 heteroatoms. The number of fused-ring (bicyclic) bond motifs is 1. The predicted octanol–water partition coefficient (Wildman–Crippen LogP) is 1.75. The maximum Gasteiger partial charge on any atom is 0.242 e. The lowest BCUT2D eigenvalue weighted by molar-refractivity contribution is -0.157. The van der Waals surface area contributed by atoms with Gasteiger partial charge in [0.2, 0.25) is 23.6 Å². The zero-order valence-corrected chi connectivity index (χ0v) is 14.6. The van der Waals surface area contributed by atoms with E-state index >= 15 is 0 Å². The Kier molecular flexibility index (Phi) is 4.32. The lowest BCUT2D eigenvalue weighted by Gasteiger charge is -2.30. The van der Waals surface area contributed by atoms with Gasteiger partial charge in [0, 0.05) is 6.42 Å². The van der Waals surface area contributed by atoms with Crippen LogP contribution in [0.4, 0.5) is 0 Å². The topological polar surface area (TPSA) is 74.8 Å². The van der Waals surface area contributed by atoms with Gasteiger partial charge in [-0.15, -0.1) is 0 Å². The smallest absolute Gasteiger partial charge is 0.242 e. The minimum Gasteiger partial charge on any atom is -0.277 e. The van der Waals surface area contributed by atoms with Crippen LogP contribution in [0.15, 0.2) is 60.7 Å². The van der Waals surface area contributed by atoms with Gasteiger partial charge in [0.15, 0.2) is 0 Å². The summed E-state index contributed by atoms with van der Waals surface area (Å²) < 4.78 is 0. The molecule has 2 fully saturated rings. The van der Waals surface area contributed by atoms with Crippen molar-refractivity contribution in [3.63, 3.8) is 0 Å². The number of likely N-dealkylation sites (tertiary alicyclic amines) is 2. The Hall–Kier alpha value is -3.28. The second-order valence-electron chi connectivity index (χ2n) is 6.84. The van der Waals surface area contributed by atoms with Gasteiger partial charge in [-0.2, -0.15) is 0 Å². The van der Waals surface area contributed by atoms with E-state index in [9.17, 15) is 19.2 Å². The Morgan fingerprint density at radius 1 is 0.667 bits per heavy atom. The van der Waals surface area contributed by atoms with Crippen molar-refractivity contribution in [1.29, 1.82) is 0 Å². The van der Waals surface area contributed by atoms with E-state index in [4.69, 9.17) is 0 Å². The normalized spacial score (nSPS) is 22.4. The fourth-order valence-corrected chi connectivity index (χ4v) is 3.72. The zero-order valence-electron chi connectivity index (χ0n) is 14.6. The maximum absolute atomic E-state index is 12.9. The van der Waals surface area contributed by atoms with Crippen molar-refractivity contribution < 1.29 is 19.2 Å². The quantitative estimate of drug-likeness (QED) is 0.613. The summed E-state index contributed by atoms with van der Waals surface area (Å²) in [5.41, 5.74) is 1.60. The molecule has 0 N–H and O–H groups in total. The number of hydrogen-bond acceptors (Lipinski definition) is 4. The SMILES string of the molecule is O=C1C[C@@H]2C(=O)N(Cc3ccccc3)C(=O)[C@@H]2C(=O)N1Cc1ccccc1. The first-order valence-electron chi connectivity index (χ1n) is 8.83. The summed E-state index contributed by atoms with van der Waals surface area (Å²) in [5, 5.41) is 0. The van der Waals surface area contributed by atoms with Gasteiger partial charge in [-0.1, -0.05) is 60.7 Å². The molecule has 0 aromatic heterocycles. The summed E-state index contributed by atoms with van der Waals surface area (Å²) in [6.07, 6.45) is -0.112. The van der Waals surface area contributed by atoms with Crippen LogP contribution in [0.1, 0.15) is 17.5 Å². The molecule has 2 aromatic carbocycles. The minimum atomic E-state index is -1.09. The third kappa shape index (κ3) is 3.03. The highest BCUT2D eigenvalue weighted by molar-refractivity contribution is 6.20. The molecule has 27 heavy (non-hydrogen) atoms. The number of carbonyl (C=O) groups excluding carboxylic acids is 4. The van der Waals surface area contributed by atoms with E-state index < -0.39 is 35.5 Å². The van der Waals surface area contributed by atoms with E-state index in [2.05, 4.69) is 0 Å². The van der Waals surface area contributed by atoms with Crippen molar-refractivity contribution in [2.45, 2.75) is 19.5 Å². The maximum atomic E-state index is 12.9. The van der Waals surface area contributed by atoms with Crippen molar-refractivity contribution in [3.05, 3.63) is 71.8 Å². The molecule has 2 aliphatic heterocycles. The summed E-state index contributed by atoms with van der Waals surface area (Å²) in [6, 6.07) is 18.3. The van der Waals surface area contributed by atoms with Gasteiger partial charge >= 0.3 is 0 Å². The molecular formula is C21H18N2O4. The van der Waals surface area contributed by atoms with E-state index in [1.165, 1.54) is 0 Å². The molecule has 0 aliphatic carbocycles. The molecule has 0 spiro atoms. The van der Waals surface area contributed by atoms with Crippen LogP contribution in [-0.2, 0) is 32.3 Å². The van der Waals surface area contributed by atoms with E-state index in [1.54, 1.807) is 0 Å². The van der Waals surface area contributed by atoms with Gasteiger partial charge in [-0.25, -0.2) is 0 Å². The third-order valence-electron chi connectivity index (χ3n) is 5.11. The van der Waals surface area contributed by atoms with Crippen LogP contribution in [0, 0.1) is 11.8 Å². The average Bonchev–Trinajstić information content (AvgIpc) is 2.91. The molecule has 2 atom stereocenters. The second-order valence-corrected chi connectivity index (χ2v) is 6.84. The number of amides is 4. The van der Waals surface area contributed by atoms with Gasteiger partial charge in [-0.3, -0.25) is 29.0 Å². The number of nitrogens with zero attached hydrogens (tertiary/aromatic N) is 2. The highest BCUT2D eigenvalue weighted by atomic mass is 16.2. The van der Waals surface area contributed by atoms with Gasteiger partial charge in [0.05, 0.1) is 19.0 Å². The monoisotopic (exact) mass is 362 g/mol. The largest absolute Gasteiger partial charge is 0.277 e. The van der Waals surface area contributed by atoms with E-state index in [0.717, 1.165) is 20.9 Å². The van der Waals surface area contributed by atoms with Crippen molar-refractivity contribution in [3.8, 4) is 0 Å². The molecule has 136 valence electrons. The molecule has 6 nitrogen and oxygen atoms in total. The summed E-state index contributed by atoms with van der Waals surface area (Å²) in [5.74, 6) is -3.91. The summed E-state index contributed by atoms with van der Waals surface area (Å²) in [4.78, 5) is 53.1. The van der Waals surface area contributed by atoms with Gasteiger partial charge in [-0.05, 0) is 11.1 Å². The van der Waals surface area contributed by atoms with Crippen molar-refractivity contribution in [2.75, 3.05) is 0 Å². The number of benzene rings is 2. The van der Waals surface area contributed by atoms with Crippen LogP contribution < -0.4 is 0 Å². The molecule has 0 bridgehead atoms. The number of carbonyl (C=O) groups is 4. The first kappa shape index (κ1) is 17.1. The van der Waals surface area contributed by atoms with E-state index in [0.29, 0.717) is 0 Å². The zero-order chi connectivity index (χ0) is 19.0. The predicted molar refractivity (Wildman–Crippen MR) is 95.6 cm³/mol.